The Kier molecular flexibility index (Phi) is 4.08. The van der Waals surface area contributed by atoms with Crippen LogP contribution in [0.5, 0.6) is 17.4 Å². The number of methoxy groups -OCH3 is 1. The molecule has 4 nitrogen and oxygen atoms in total. The van der Waals surface area contributed by atoms with Gasteiger partial charge in [0.05, 0.1) is 27.9 Å². The molecule has 0 aliphatic heterocycles. The lowest BCUT2D eigenvalue weighted by atomic mass is 10.3. The number of nitrogens with zero attached hydrogens (tertiary/aromatic N) is 1. The normalized spacial score (nSPS) is 10.2. The van der Waals surface area contributed by atoms with Crippen LogP contribution in [0.2, 0.25) is 0 Å². The van der Waals surface area contributed by atoms with Crippen molar-refractivity contribution in [2.24, 2.45) is 0 Å². The van der Waals surface area contributed by atoms with Gasteiger partial charge >= 0.3 is 0 Å². The number of nitrogen functional groups attached to an aromatic ring is 1. The molecule has 6 heteroatoms. The zero-order valence-electron chi connectivity index (χ0n) is 9.48. The summed E-state index contributed by atoms with van der Waals surface area (Å²) in [7, 11) is 1.61. The molecule has 2 aromatic rings. The first kappa shape index (κ1) is 13.2. The van der Waals surface area contributed by atoms with Crippen LogP contribution in [0.15, 0.2) is 39.4 Å². The SMILES string of the molecule is COc1cc(Br)c(Oc2ccc(N)cn2)cc1Br. The molecule has 0 aliphatic rings. The van der Waals surface area contributed by atoms with Crippen LogP contribution >= 0.6 is 31.9 Å². The lowest BCUT2D eigenvalue weighted by Crippen LogP contribution is -1.92. The lowest BCUT2D eigenvalue weighted by Gasteiger charge is -2.10. The molecule has 0 aliphatic carbocycles. The maximum absolute atomic E-state index is 5.65. The van der Waals surface area contributed by atoms with Crippen molar-refractivity contribution in [2.75, 3.05) is 12.8 Å². The van der Waals surface area contributed by atoms with Crippen LogP contribution in [-0.4, -0.2) is 12.1 Å². The van der Waals surface area contributed by atoms with Crippen LogP contribution < -0.4 is 15.2 Å². The van der Waals surface area contributed by atoms with Crippen LogP contribution in [0.25, 0.3) is 0 Å². The lowest BCUT2D eigenvalue weighted by molar-refractivity contribution is 0.408. The fourth-order valence-corrected chi connectivity index (χ4v) is 2.20. The Morgan fingerprint density at radius 3 is 2.39 bits per heavy atom. The van der Waals surface area contributed by atoms with Crippen LogP contribution in [0.1, 0.15) is 0 Å². The zero-order chi connectivity index (χ0) is 13.1. The third kappa shape index (κ3) is 2.94. The van der Waals surface area contributed by atoms with E-state index in [0.29, 0.717) is 17.3 Å². The molecule has 0 bridgehead atoms. The summed E-state index contributed by atoms with van der Waals surface area (Å²) in [6.07, 6.45) is 1.54. The predicted octanol–water partition coefficient (Wildman–Crippen LogP) is 3.99. The summed E-state index contributed by atoms with van der Waals surface area (Å²) in [4.78, 5) is 4.07. The van der Waals surface area contributed by atoms with Crippen LogP contribution in [-0.2, 0) is 0 Å². The van der Waals surface area contributed by atoms with Gasteiger partial charge in [-0.2, -0.15) is 0 Å². The average molecular weight is 374 g/mol. The first-order chi connectivity index (χ1) is 8.60. The molecule has 0 fully saturated rings. The van der Waals surface area contributed by atoms with Gasteiger partial charge in [0, 0.05) is 6.07 Å². The van der Waals surface area contributed by atoms with Crippen molar-refractivity contribution in [2.45, 2.75) is 0 Å². The van der Waals surface area contributed by atoms with Crippen LogP contribution in [0.3, 0.4) is 0 Å². The van der Waals surface area contributed by atoms with E-state index in [1.54, 1.807) is 31.5 Å². The summed E-state index contributed by atoms with van der Waals surface area (Å²) in [6.45, 7) is 0. The molecule has 0 saturated carbocycles. The van der Waals surface area contributed by atoms with Crippen molar-refractivity contribution in [1.82, 2.24) is 4.98 Å². The first-order valence-electron chi connectivity index (χ1n) is 5.02. The second-order valence-electron chi connectivity index (χ2n) is 3.45. The van der Waals surface area contributed by atoms with E-state index < -0.39 is 0 Å². The molecule has 0 unspecified atom stereocenters. The van der Waals surface area contributed by atoms with Crippen molar-refractivity contribution < 1.29 is 9.47 Å². The summed E-state index contributed by atoms with van der Waals surface area (Å²) in [5, 5.41) is 0. The standard InChI is InChI=1S/C12H10Br2N2O2/c1-17-10-4-9(14)11(5-8(10)13)18-12-3-2-7(15)6-16-12/h2-6H,15H2,1H3. The minimum atomic E-state index is 0.474. The Bertz CT molecular complexity index is 559. The number of anilines is 1. The van der Waals surface area contributed by atoms with E-state index in [2.05, 4.69) is 36.8 Å². The summed E-state index contributed by atoms with van der Waals surface area (Å²) in [5.41, 5.74) is 6.16. The largest absolute Gasteiger partial charge is 0.496 e. The van der Waals surface area contributed by atoms with E-state index in [1.165, 1.54) is 0 Å². The minimum Gasteiger partial charge on any atom is -0.496 e. The summed E-state index contributed by atoms with van der Waals surface area (Å²) in [5.74, 6) is 1.83. The van der Waals surface area contributed by atoms with Gasteiger partial charge < -0.3 is 15.2 Å². The van der Waals surface area contributed by atoms with Crippen molar-refractivity contribution in [3.63, 3.8) is 0 Å². The van der Waals surface area contributed by atoms with Crippen molar-refractivity contribution in [3.8, 4) is 17.4 Å². The molecule has 0 radical (unpaired) electrons. The number of ether oxygens (including phenoxy) is 2. The van der Waals surface area contributed by atoms with E-state index in [-0.39, 0.29) is 0 Å². The number of nitrogens with two attached hydrogens (primary N) is 1. The van der Waals surface area contributed by atoms with E-state index >= 15 is 0 Å². The molecule has 0 amide bonds. The number of hydrogen-bond acceptors (Lipinski definition) is 4. The number of aromatic nitrogens is 1. The minimum absolute atomic E-state index is 0.474. The third-order valence-corrected chi connectivity index (χ3v) is 3.42. The molecule has 0 atom stereocenters. The quantitative estimate of drug-likeness (QED) is 0.883. The smallest absolute Gasteiger partial charge is 0.219 e. The molecule has 0 spiro atoms. The highest BCUT2D eigenvalue weighted by atomic mass is 79.9. The molecular formula is C12H10Br2N2O2. The fourth-order valence-electron chi connectivity index (χ4n) is 1.31. The maximum Gasteiger partial charge on any atom is 0.219 e. The fraction of sp³-hybridized carbons (Fsp3) is 0.0833. The van der Waals surface area contributed by atoms with Crippen molar-refractivity contribution >= 4 is 37.5 Å². The molecule has 2 N–H and O–H groups in total. The van der Waals surface area contributed by atoms with Crippen LogP contribution in [0.4, 0.5) is 5.69 Å². The average Bonchev–Trinajstić information content (AvgIpc) is 2.36. The highest BCUT2D eigenvalue weighted by molar-refractivity contribution is 9.11. The Labute approximate surface area is 121 Å². The van der Waals surface area contributed by atoms with Gasteiger partial charge in [-0.1, -0.05) is 0 Å². The second kappa shape index (κ2) is 5.58. The van der Waals surface area contributed by atoms with E-state index in [0.717, 1.165) is 14.7 Å². The van der Waals surface area contributed by atoms with Gasteiger partial charge in [-0.05, 0) is 50.1 Å². The van der Waals surface area contributed by atoms with Gasteiger partial charge in [0.1, 0.15) is 11.5 Å². The zero-order valence-corrected chi connectivity index (χ0v) is 12.7. The van der Waals surface area contributed by atoms with E-state index in [9.17, 15) is 0 Å². The number of halogens is 2. The highest BCUT2D eigenvalue weighted by Gasteiger charge is 2.09. The Morgan fingerprint density at radius 2 is 1.78 bits per heavy atom. The summed E-state index contributed by atoms with van der Waals surface area (Å²) in [6, 6.07) is 7.06. The molecule has 18 heavy (non-hydrogen) atoms. The molecule has 2 rings (SSSR count). The number of benzene rings is 1. The van der Waals surface area contributed by atoms with Crippen LogP contribution in [0, 0.1) is 0 Å². The van der Waals surface area contributed by atoms with Gasteiger partial charge in [0.2, 0.25) is 5.88 Å². The number of rotatable bonds is 3. The molecular weight excluding hydrogens is 364 g/mol. The van der Waals surface area contributed by atoms with Gasteiger partial charge in [-0.3, -0.25) is 0 Å². The van der Waals surface area contributed by atoms with Gasteiger partial charge in [-0.25, -0.2) is 4.98 Å². The van der Waals surface area contributed by atoms with E-state index in [4.69, 9.17) is 15.2 Å². The first-order valence-corrected chi connectivity index (χ1v) is 6.61. The Hall–Kier alpha value is -1.27. The molecule has 94 valence electrons. The number of hydrogen-bond donors (Lipinski definition) is 1. The summed E-state index contributed by atoms with van der Waals surface area (Å²) >= 11 is 6.82. The topological polar surface area (TPSA) is 57.4 Å². The Balaban J connectivity index is 2.29. The van der Waals surface area contributed by atoms with Crippen molar-refractivity contribution in [3.05, 3.63) is 39.4 Å². The molecule has 1 heterocycles. The van der Waals surface area contributed by atoms with E-state index in [1.807, 2.05) is 6.07 Å². The maximum atomic E-state index is 5.65. The monoisotopic (exact) mass is 372 g/mol. The van der Waals surface area contributed by atoms with Gasteiger partial charge in [0.15, 0.2) is 0 Å². The predicted molar refractivity (Wildman–Crippen MR) is 77.1 cm³/mol. The Morgan fingerprint density at radius 1 is 1.11 bits per heavy atom. The highest BCUT2D eigenvalue weighted by Crippen LogP contribution is 2.37. The number of pyridine rings is 1. The second-order valence-corrected chi connectivity index (χ2v) is 5.16. The van der Waals surface area contributed by atoms with Gasteiger partial charge in [-0.15, -0.1) is 0 Å². The molecule has 0 saturated heterocycles. The third-order valence-electron chi connectivity index (χ3n) is 2.18. The van der Waals surface area contributed by atoms with Gasteiger partial charge in [0.25, 0.3) is 0 Å². The molecule has 1 aromatic heterocycles. The van der Waals surface area contributed by atoms with Crippen molar-refractivity contribution in [1.29, 1.82) is 0 Å². The molecule has 1 aromatic carbocycles. The summed E-state index contributed by atoms with van der Waals surface area (Å²) < 4.78 is 12.4.